The van der Waals surface area contributed by atoms with Crippen LogP contribution in [-0.4, -0.2) is 14.6 Å². The molecule has 0 fully saturated rings. The highest BCUT2D eigenvalue weighted by molar-refractivity contribution is 9.11. The lowest BCUT2D eigenvalue weighted by molar-refractivity contribution is 0.836. The standard InChI is InChI=1S/C7H6BrN3OS/c1-2-4-3-5(12)9-7-11(4)10-6(8)13-7/h3H,2H2,1H3. The number of aryl methyl sites for hydroxylation is 1. The Balaban J connectivity index is 2.88. The first-order valence-electron chi connectivity index (χ1n) is 3.76. The van der Waals surface area contributed by atoms with E-state index >= 15 is 0 Å². The van der Waals surface area contributed by atoms with Gasteiger partial charge in [0, 0.05) is 6.07 Å². The average Bonchev–Trinajstić information content (AvgIpc) is 2.43. The van der Waals surface area contributed by atoms with Crippen LogP contribution in [0.3, 0.4) is 0 Å². The number of hydrogen-bond acceptors (Lipinski definition) is 4. The molecule has 2 aromatic rings. The molecule has 2 rings (SSSR count). The second-order valence-electron chi connectivity index (χ2n) is 2.49. The first kappa shape index (κ1) is 8.83. The van der Waals surface area contributed by atoms with Gasteiger partial charge >= 0.3 is 0 Å². The zero-order valence-electron chi connectivity index (χ0n) is 6.82. The quantitative estimate of drug-likeness (QED) is 0.780. The fourth-order valence-electron chi connectivity index (χ4n) is 1.10. The summed E-state index contributed by atoms with van der Waals surface area (Å²) in [5.41, 5.74) is 0.685. The highest BCUT2D eigenvalue weighted by Gasteiger charge is 2.05. The van der Waals surface area contributed by atoms with Gasteiger partial charge in [-0.2, -0.15) is 4.98 Å². The van der Waals surface area contributed by atoms with Crippen LogP contribution in [0.15, 0.2) is 14.8 Å². The second kappa shape index (κ2) is 3.19. The molecule has 4 nitrogen and oxygen atoms in total. The monoisotopic (exact) mass is 259 g/mol. The zero-order valence-corrected chi connectivity index (χ0v) is 9.22. The summed E-state index contributed by atoms with van der Waals surface area (Å²) in [4.78, 5) is 15.6. The van der Waals surface area contributed by atoms with Crippen molar-refractivity contribution in [1.29, 1.82) is 0 Å². The largest absolute Gasteiger partial charge is 0.274 e. The van der Waals surface area contributed by atoms with Crippen LogP contribution in [0.2, 0.25) is 0 Å². The lowest BCUT2D eigenvalue weighted by atomic mass is 10.3. The summed E-state index contributed by atoms with van der Waals surface area (Å²) < 4.78 is 2.43. The molecule has 0 amide bonds. The van der Waals surface area contributed by atoms with Gasteiger partial charge in [0.25, 0.3) is 5.56 Å². The Bertz CT molecular complexity index is 504. The third kappa shape index (κ3) is 1.51. The minimum atomic E-state index is -0.201. The fraction of sp³-hybridized carbons (Fsp3) is 0.286. The van der Waals surface area contributed by atoms with Crippen LogP contribution in [0.4, 0.5) is 0 Å². The first-order valence-corrected chi connectivity index (χ1v) is 5.37. The smallest absolute Gasteiger partial charge is 0.267 e. The maximum atomic E-state index is 11.1. The van der Waals surface area contributed by atoms with Crippen molar-refractivity contribution in [2.75, 3.05) is 0 Å². The van der Waals surface area contributed by atoms with Crippen LogP contribution in [0, 0.1) is 0 Å². The third-order valence-electron chi connectivity index (χ3n) is 1.67. The van der Waals surface area contributed by atoms with E-state index in [4.69, 9.17) is 0 Å². The van der Waals surface area contributed by atoms with E-state index in [9.17, 15) is 4.79 Å². The molecule has 0 saturated heterocycles. The maximum Gasteiger partial charge on any atom is 0.274 e. The maximum absolute atomic E-state index is 11.1. The van der Waals surface area contributed by atoms with Crippen molar-refractivity contribution >= 4 is 32.2 Å². The summed E-state index contributed by atoms with van der Waals surface area (Å²) in [6.45, 7) is 1.98. The van der Waals surface area contributed by atoms with Gasteiger partial charge in [-0.25, -0.2) is 4.52 Å². The van der Waals surface area contributed by atoms with Crippen molar-refractivity contribution in [1.82, 2.24) is 14.6 Å². The van der Waals surface area contributed by atoms with Gasteiger partial charge in [-0.3, -0.25) is 4.79 Å². The molecule has 0 aliphatic heterocycles. The van der Waals surface area contributed by atoms with Gasteiger partial charge in [-0.1, -0.05) is 18.3 Å². The van der Waals surface area contributed by atoms with Crippen LogP contribution >= 0.6 is 27.3 Å². The van der Waals surface area contributed by atoms with Gasteiger partial charge in [-0.15, -0.1) is 5.10 Å². The van der Waals surface area contributed by atoms with E-state index in [1.54, 1.807) is 4.52 Å². The molecule has 0 atom stereocenters. The van der Waals surface area contributed by atoms with Crippen molar-refractivity contribution in [2.45, 2.75) is 13.3 Å². The van der Waals surface area contributed by atoms with E-state index in [2.05, 4.69) is 26.0 Å². The Hall–Kier alpha value is -0.750. The number of rotatable bonds is 1. The van der Waals surface area contributed by atoms with Gasteiger partial charge in [0.2, 0.25) is 4.96 Å². The minimum absolute atomic E-state index is 0.201. The average molecular weight is 260 g/mol. The van der Waals surface area contributed by atoms with E-state index in [0.29, 0.717) is 4.96 Å². The Labute approximate surface area is 86.4 Å². The summed E-state index contributed by atoms with van der Waals surface area (Å²) in [6, 6.07) is 1.51. The van der Waals surface area contributed by atoms with E-state index in [1.165, 1.54) is 17.4 Å². The number of halogens is 1. The van der Waals surface area contributed by atoms with E-state index in [-0.39, 0.29) is 5.56 Å². The predicted octanol–water partition coefficient (Wildman–Crippen LogP) is 1.48. The zero-order chi connectivity index (χ0) is 9.42. The van der Waals surface area contributed by atoms with Crippen molar-refractivity contribution < 1.29 is 0 Å². The van der Waals surface area contributed by atoms with Gasteiger partial charge in [0.15, 0.2) is 3.92 Å². The molecular formula is C7H6BrN3OS. The van der Waals surface area contributed by atoms with E-state index < -0.39 is 0 Å². The van der Waals surface area contributed by atoms with Gasteiger partial charge in [-0.05, 0) is 22.4 Å². The molecule has 2 heterocycles. The van der Waals surface area contributed by atoms with Gasteiger partial charge < -0.3 is 0 Å². The first-order chi connectivity index (χ1) is 6.20. The summed E-state index contributed by atoms with van der Waals surface area (Å²) in [6.07, 6.45) is 0.773. The van der Waals surface area contributed by atoms with Crippen molar-refractivity contribution in [2.24, 2.45) is 0 Å². The Morgan fingerprint density at radius 1 is 1.69 bits per heavy atom. The molecule has 13 heavy (non-hydrogen) atoms. The Kier molecular flexibility index (Phi) is 2.17. The predicted molar refractivity (Wildman–Crippen MR) is 54.2 cm³/mol. The van der Waals surface area contributed by atoms with Crippen molar-refractivity contribution in [3.8, 4) is 0 Å². The summed E-state index contributed by atoms with van der Waals surface area (Å²) in [7, 11) is 0. The topological polar surface area (TPSA) is 47.3 Å². The number of aromatic nitrogens is 3. The van der Waals surface area contributed by atoms with Crippen molar-refractivity contribution in [3.05, 3.63) is 26.0 Å². The van der Waals surface area contributed by atoms with Gasteiger partial charge in [0.1, 0.15) is 0 Å². The third-order valence-corrected chi connectivity index (χ3v) is 3.01. The van der Waals surface area contributed by atoms with Crippen LogP contribution in [0.1, 0.15) is 12.6 Å². The van der Waals surface area contributed by atoms with Crippen LogP contribution in [-0.2, 0) is 6.42 Å². The molecule has 0 N–H and O–H groups in total. The van der Waals surface area contributed by atoms with E-state index in [1.807, 2.05) is 6.92 Å². The van der Waals surface area contributed by atoms with Crippen LogP contribution < -0.4 is 5.56 Å². The molecule has 0 aliphatic rings. The number of nitrogens with zero attached hydrogens (tertiary/aromatic N) is 3. The van der Waals surface area contributed by atoms with Gasteiger partial charge in [0.05, 0.1) is 5.69 Å². The molecule has 0 aliphatic carbocycles. The SMILES string of the molecule is CCc1cc(=O)nc2sc(Br)nn12. The van der Waals surface area contributed by atoms with E-state index in [0.717, 1.165) is 16.0 Å². The molecule has 68 valence electrons. The second-order valence-corrected chi connectivity index (χ2v) is 4.72. The highest BCUT2D eigenvalue weighted by atomic mass is 79.9. The molecule has 0 unspecified atom stereocenters. The molecule has 0 radical (unpaired) electrons. The summed E-state index contributed by atoms with van der Waals surface area (Å²) >= 11 is 4.61. The lowest BCUT2D eigenvalue weighted by Gasteiger charge is -1.96. The van der Waals surface area contributed by atoms with Crippen LogP contribution in [0.25, 0.3) is 4.96 Å². The molecule has 0 spiro atoms. The Morgan fingerprint density at radius 2 is 2.46 bits per heavy atom. The minimum Gasteiger partial charge on any atom is -0.267 e. The van der Waals surface area contributed by atoms with Crippen LogP contribution in [0.5, 0.6) is 0 Å². The molecule has 0 aromatic carbocycles. The molecule has 6 heteroatoms. The molecule has 0 bridgehead atoms. The molecule has 0 saturated carbocycles. The fourth-order valence-corrected chi connectivity index (χ4v) is 2.35. The molecular weight excluding hydrogens is 254 g/mol. The lowest BCUT2D eigenvalue weighted by Crippen LogP contribution is -2.10. The number of fused-ring (bicyclic) bond motifs is 1. The highest BCUT2D eigenvalue weighted by Crippen LogP contribution is 2.18. The molecule has 2 aromatic heterocycles. The van der Waals surface area contributed by atoms with Crippen molar-refractivity contribution in [3.63, 3.8) is 0 Å². The summed E-state index contributed by atoms with van der Waals surface area (Å²) in [5.74, 6) is 0. The number of hydrogen-bond donors (Lipinski definition) is 0. The normalized spacial score (nSPS) is 10.9. The summed E-state index contributed by atoms with van der Waals surface area (Å²) in [5, 5.41) is 4.18. The Morgan fingerprint density at radius 3 is 3.15 bits per heavy atom.